The second-order valence-corrected chi connectivity index (χ2v) is 5.68. The summed E-state index contributed by atoms with van der Waals surface area (Å²) in [7, 11) is 0. The minimum atomic E-state index is -1.07. The average molecular weight is 318 g/mol. The molecule has 1 N–H and O–H groups in total. The summed E-state index contributed by atoms with van der Waals surface area (Å²) in [4.78, 5) is 40.3. The highest BCUT2D eigenvalue weighted by Gasteiger charge is 2.39. The van der Waals surface area contributed by atoms with Gasteiger partial charge < -0.3 is 5.11 Å². The summed E-state index contributed by atoms with van der Waals surface area (Å²) in [6.07, 6.45) is 1.19. The van der Waals surface area contributed by atoms with E-state index in [0.29, 0.717) is 5.56 Å². The van der Waals surface area contributed by atoms with Gasteiger partial charge in [-0.1, -0.05) is 36.0 Å². The maximum Gasteiger partial charge on any atom is 0.305 e. The molecule has 0 radical (unpaired) electrons. The fourth-order valence-electron chi connectivity index (χ4n) is 1.91. The summed E-state index contributed by atoms with van der Waals surface area (Å²) < 4.78 is 0. The summed E-state index contributed by atoms with van der Waals surface area (Å²) in [5.41, 5.74) is 0.406. The van der Waals surface area contributed by atoms with E-state index >= 15 is 0 Å². The van der Waals surface area contributed by atoms with Crippen LogP contribution in [0.2, 0.25) is 0 Å². The summed E-state index contributed by atoms with van der Waals surface area (Å²) in [5.74, 6) is -1.91. The highest BCUT2D eigenvalue weighted by Crippen LogP contribution is 2.29. The average Bonchev–Trinajstić information content (AvgIpc) is 2.77. The molecule has 1 aromatic rings. The normalized spacial score (nSPS) is 19.5. The molecule has 1 aromatic carbocycles. The zero-order valence-electron chi connectivity index (χ0n) is 11.6. The second kappa shape index (κ2) is 7.04. The Hall–Kier alpha value is -2.41. The van der Waals surface area contributed by atoms with Gasteiger partial charge in [0.05, 0.1) is 6.42 Å². The van der Waals surface area contributed by atoms with Crippen LogP contribution in [0.15, 0.2) is 48.0 Å². The van der Waals surface area contributed by atoms with Crippen molar-refractivity contribution in [3.8, 4) is 0 Å². The molecule has 0 bridgehead atoms. The molecule has 0 aliphatic carbocycles. The molecule has 0 saturated carbocycles. The number of thioether (sulfide) groups is 1. The molecule has 1 atom stereocenters. The Labute approximate surface area is 131 Å². The van der Waals surface area contributed by atoms with E-state index in [0.717, 1.165) is 11.8 Å². The van der Waals surface area contributed by atoms with Gasteiger partial charge in [-0.25, -0.2) is 0 Å². The fourth-order valence-corrected chi connectivity index (χ4v) is 3.05. The minimum absolute atomic E-state index is 0.183. The quantitative estimate of drug-likeness (QED) is 0.836. The molecule has 1 heterocycles. The Morgan fingerprint density at radius 3 is 2.64 bits per heavy atom. The predicted octanol–water partition coefficient (Wildman–Crippen LogP) is 1.79. The molecule has 1 aliphatic heterocycles. The van der Waals surface area contributed by atoms with Crippen LogP contribution in [-0.4, -0.2) is 44.8 Å². The molecular weight excluding hydrogens is 304 g/mol. The summed E-state index contributed by atoms with van der Waals surface area (Å²) in [6.45, 7) is 3.74. The lowest BCUT2D eigenvalue weighted by Crippen LogP contribution is -2.33. The molecule has 22 heavy (non-hydrogen) atoms. The molecule has 2 rings (SSSR count). The number of amidine groups is 1. The maximum absolute atomic E-state index is 12.2. The van der Waals surface area contributed by atoms with Crippen molar-refractivity contribution in [2.45, 2.75) is 11.7 Å². The first-order chi connectivity index (χ1) is 10.5. The van der Waals surface area contributed by atoms with Crippen LogP contribution in [0, 0.1) is 0 Å². The fraction of sp³-hybridized carbons (Fsp3) is 0.200. The van der Waals surface area contributed by atoms with Crippen LogP contribution < -0.4 is 0 Å². The van der Waals surface area contributed by atoms with E-state index in [1.54, 1.807) is 30.3 Å². The lowest BCUT2D eigenvalue weighted by molar-refractivity contribution is -0.139. The van der Waals surface area contributed by atoms with Crippen molar-refractivity contribution in [3.05, 3.63) is 48.6 Å². The Kier molecular flexibility index (Phi) is 5.11. The molecule has 1 fully saturated rings. The first kappa shape index (κ1) is 16.0. The van der Waals surface area contributed by atoms with Gasteiger partial charge in [-0.15, -0.1) is 6.58 Å². The number of benzene rings is 1. The summed E-state index contributed by atoms with van der Waals surface area (Å²) in [5, 5.41) is 8.29. The van der Waals surface area contributed by atoms with Crippen LogP contribution in [-0.2, 0) is 9.59 Å². The third-order valence-corrected chi connectivity index (χ3v) is 4.08. The van der Waals surface area contributed by atoms with Crippen molar-refractivity contribution in [1.82, 2.24) is 4.90 Å². The van der Waals surface area contributed by atoms with Gasteiger partial charge in [0.15, 0.2) is 5.17 Å². The number of carboxylic acid groups (broad SMARTS) is 1. The lowest BCUT2D eigenvalue weighted by atomic mass is 10.2. The molecule has 0 spiro atoms. The van der Waals surface area contributed by atoms with E-state index in [1.165, 1.54) is 11.0 Å². The zero-order chi connectivity index (χ0) is 16.1. The first-order valence-electron chi connectivity index (χ1n) is 6.51. The number of carbonyl (C=O) groups excluding carboxylic acids is 2. The Balaban J connectivity index is 2.25. The number of aliphatic carboxylic acids is 1. The Morgan fingerprint density at radius 1 is 1.36 bits per heavy atom. The molecule has 1 saturated heterocycles. The van der Waals surface area contributed by atoms with Gasteiger partial charge in [-0.05, 0) is 12.1 Å². The van der Waals surface area contributed by atoms with Gasteiger partial charge in [0.25, 0.3) is 5.91 Å². The van der Waals surface area contributed by atoms with E-state index < -0.39 is 17.1 Å². The van der Waals surface area contributed by atoms with E-state index in [4.69, 9.17) is 5.11 Å². The smallest absolute Gasteiger partial charge is 0.305 e. The van der Waals surface area contributed by atoms with E-state index in [1.807, 2.05) is 0 Å². The number of carboxylic acids is 1. The van der Waals surface area contributed by atoms with Crippen LogP contribution in [0.25, 0.3) is 0 Å². The topological polar surface area (TPSA) is 87.0 Å². The van der Waals surface area contributed by atoms with Crippen LogP contribution in [0.4, 0.5) is 0 Å². The van der Waals surface area contributed by atoms with Gasteiger partial charge >= 0.3 is 5.97 Å². The van der Waals surface area contributed by atoms with Crippen LogP contribution in [0.5, 0.6) is 0 Å². The molecule has 6 nitrogen and oxygen atoms in total. The molecule has 114 valence electrons. The van der Waals surface area contributed by atoms with Gasteiger partial charge in [0.2, 0.25) is 5.91 Å². The monoisotopic (exact) mass is 318 g/mol. The van der Waals surface area contributed by atoms with Crippen molar-refractivity contribution < 1.29 is 19.5 Å². The number of hydrogen-bond acceptors (Lipinski definition) is 4. The molecule has 7 heteroatoms. The first-order valence-corrected chi connectivity index (χ1v) is 7.39. The number of rotatable bonds is 5. The summed E-state index contributed by atoms with van der Waals surface area (Å²) >= 11 is 0.995. The Bertz CT molecular complexity index is 642. The van der Waals surface area contributed by atoms with Crippen molar-refractivity contribution in [2.75, 3.05) is 6.54 Å². The number of amides is 2. The van der Waals surface area contributed by atoms with Crippen LogP contribution >= 0.6 is 11.8 Å². The summed E-state index contributed by atoms with van der Waals surface area (Å²) in [6, 6.07) is 8.47. The predicted molar refractivity (Wildman–Crippen MR) is 83.7 cm³/mol. The zero-order valence-corrected chi connectivity index (χ0v) is 12.5. The van der Waals surface area contributed by atoms with Gasteiger partial charge in [-0.3, -0.25) is 19.3 Å². The van der Waals surface area contributed by atoms with Gasteiger partial charge in [0, 0.05) is 12.1 Å². The second-order valence-electron chi connectivity index (χ2n) is 4.51. The van der Waals surface area contributed by atoms with E-state index in [-0.39, 0.29) is 24.0 Å². The molecule has 1 aliphatic rings. The largest absolute Gasteiger partial charge is 0.481 e. The maximum atomic E-state index is 12.2. The lowest BCUT2D eigenvalue weighted by Gasteiger charge is -2.13. The van der Waals surface area contributed by atoms with Crippen LogP contribution in [0.3, 0.4) is 0 Å². The van der Waals surface area contributed by atoms with Crippen molar-refractivity contribution in [2.24, 2.45) is 4.99 Å². The number of hydrogen-bond donors (Lipinski definition) is 1. The molecule has 2 amide bonds. The number of nitrogens with zero attached hydrogens (tertiary/aromatic N) is 2. The SMILES string of the molecule is C=CCN1C(=O)C(CC(=O)O)SC1=NC(=O)c1ccccc1. The van der Waals surface area contributed by atoms with Gasteiger partial charge in [0.1, 0.15) is 5.25 Å². The van der Waals surface area contributed by atoms with E-state index in [9.17, 15) is 14.4 Å². The van der Waals surface area contributed by atoms with Crippen molar-refractivity contribution >= 4 is 34.7 Å². The molecule has 0 aromatic heterocycles. The van der Waals surface area contributed by atoms with Gasteiger partial charge in [-0.2, -0.15) is 4.99 Å². The minimum Gasteiger partial charge on any atom is -0.481 e. The number of aliphatic imine (C=N–C) groups is 1. The van der Waals surface area contributed by atoms with Crippen LogP contribution in [0.1, 0.15) is 16.8 Å². The third-order valence-electron chi connectivity index (χ3n) is 2.91. The van der Waals surface area contributed by atoms with Crippen molar-refractivity contribution in [1.29, 1.82) is 0 Å². The Morgan fingerprint density at radius 2 is 2.05 bits per heavy atom. The highest BCUT2D eigenvalue weighted by atomic mass is 32.2. The number of carbonyl (C=O) groups is 3. The van der Waals surface area contributed by atoms with E-state index in [2.05, 4.69) is 11.6 Å². The molecule has 1 unspecified atom stereocenters. The third kappa shape index (κ3) is 3.62. The highest BCUT2D eigenvalue weighted by molar-refractivity contribution is 8.15. The standard InChI is InChI=1S/C15H14N2O4S/c1-2-8-17-14(21)11(9-12(18)19)22-15(17)16-13(20)10-6-4-3-5-7-10/h2-7,11H,1,8-9H2,(H,18,19). The molecular formula is C15H14N2O4S. The van der Waals surface area contributed by atoms with Crippen molar-refractivity contribution in [3.63, 3.8) is 0 Å².